The fourth-order valence-corrected chi connectivity index (χ4v) is 20.3. The molecule has 0 amide bonds. The molecule has 0 saturated carbocycles. The molecule has 414 valence electrons. The van der Waals surface area contributed by atoms with E-state index in [1.165, 1.54) is 185 Å². The first kappa shape index (κ1) is 49.0. The Bertz CT molecular complexity index is 5300. The molecule has 0 unspecified atom stereocenters. The fraction of sp³-hybridized carbons (Fsp3) is 0.0714. The third-order valence-electron chi connectivity index (χ3n) is 21.4. The second-order valence-electron chi connectivity index (χ2n) is 26.5. The van der Waals surface area contributed by atoms with E-state index >= 15 is 0 Å². The van der Waals surface area contributed by atoms with Crippen LogP contribution in [0.1, 0.15) is 70.8 Å². The summed E-state index contributed by atoms with van der Waals surface area (Å²) in [5, 5.41) is 5.21. The van der Waals surface area contributed by atoms with E-state index in [1.807, 2.05) is 22.7 Å². The quantitative estimate of drug-likeness (QED) is 0.159. The first-order valence-electron chi connectivity index (χ1n) is 31.3. The van der Waals surface area contributed by atoms with Gasteiger partial charge in [-0.2, -0.15) is 0 Å². The maximum Gasteiger partial charge on any atom is 0.252 e. The summed E-state index contributed by atoms with van der Waals surface area (Å²) in [6.45, 7) is 7.12. The molecule has 0 fully saturated rings. The van der Waals surface area contributed by atoms with Crippen LogP contribution in [0.15, 0.2) is 267 Å². The minimum absolute atomic E-state index is 0.108. The first-order valence-corrected chi connectivity index (χ1v) is 33.0. The lowest BCUT2D eigenvalue weighted by molar-refractivity contribution is 0.590. The summed E-state index contributed by atoms with van der Waals surface area (Å²) >= 11 is 3.86. The molecule has 5 heteroatoms. The largest absolute Gasteiger partial charge is 0.311 e. The maximum absolute atomic E-state index is 2.75. The number of fused-ring (bicyclic) bond motifs is 30. The van der Waals surface area contributed by atoms with Crippen LogP contribution >= 0.6 is 22.7 Å². The third kappa shape index (κ3) is 5.91. The van der Waals surface area contributed by atoms with Crippen LogP contribution in [0.4, 0.5) is 34.1 Å². The molecule has 6 aliphatic rings. The molecular weight excluding hydrogens is 1110 g/mol. The van der Waals surface area contributed by atoms with Crippen LogP contribution in [0.25, 0.3) is 84.9 Å². The summed E-state index contributed by atoms with van der Waals surface area (Å²) in [6, 6.07) is 104. The van der Waals surface area contributed by atoms with Crippen LogP contribution in [-0.4, -0.2) is 6.71 Å². The van der Waals surface area contributed by atoms with Gasteiger partial charge in [0, 0.05) is 74.2 Å². The van der Waals surface area contributed by atoms with Gasteiger partial charge in [-0.25, -0.2) is 0 Å². The lowest BCUT2D eigenvalue weighted by Gasteiger charge is -2.46. The van der Waals surface area contributed by atoms with Crippen molar-refractivity contribution in [2.45, 2.75) is 37.0 Å². The first-order chi connectivity index (χ1) is 43.8. The molecule has 0 bridgehead atoms. The average Bonchev–Trinajstić information content (AvgIpc) is 1.58. The van der Waals surface area contributed by atoms with Crippen molar-refractivity contribution in [2.75, 3.05) is 9.80 Å². The van der Waals surface area contributed by atoms with Crippen molar-refractivity contribution in [1.29, 1.82) is 0 Å². The van der Waals surface area contributed by atoms with Crippen molar-refractivity contribution in [3.05, 3.63) is 317 Å². The van der Waals surface area contributed by atoms with Gasteiger partial charge in [-0.1, -0.05) is 227 Å². The van der Waals surface area contributed by atoms with E-state index in [9.17, 15) is 0 Å². The van der Waals surface area contributed by atoms with Gasteiger partial charge in [-0.3, -0.25) is 0 Å². The second-order valence-corrected chi connectivity index (χ2v) is 28.6. The molecule has 13 aromatic carbocycles. The molecule has 0 radical (unpaired) electrons. The smallest absolute Gasteiger partial charge is 0.252 e. The van der Waals surface area contributed by atoms with Gasteiger partial charge in [0.25, 0.3) is 6.71 Å². The van der Waals surface area contributed by atoms with Crippen molar-refractivity contribution in [1.82, 2.24) is 0 Å². The molecule has 0 saturated heterocycles. The van der Waals surface area contributed by atoms with Crippen LogP contribution in [0.3, 0.4) is 0 Å². The number of anilines is 6. The normalized spacial score (nSPS) is 15.0. The third-order valence-corrected chi connectivity index (χ3v) is 23.7. The molecule has 2 nitrogen and oxygen atoms in total. The average molecular weight is 1170 g/mol. The van der Waals surface area contributed by atoms with Crippen LogP contribution < -0.4 is 26.2 Å². The molecule has 4 aliphatic carbocycles. The molecule has 2 spiro atoms. The fourth-order valence-electron chi connectivity index (χ4n) is 18.0. The summed E-state index contributed by atoms with van der Waals surface area (Å²) in [6.07, 6.45) is 0. The minimum Gasteiger partial charge on any atom is -0.311 e. The van der Waals surface area contributed by atoms with Crippen molar-refractivity contribution < 1.29 is 0 Å². The Morgan fingerprint density at radius 3 is 1.02 bits per heavy atom. The van der Waals surface area contributed by atoms with Crippen LogP contribution in [0, 0.1) is 0 Å². The highest BCUT2D eigenvalue weighted by atomic mass is 32.1. The Morgan fingerprint density at radius 1 is 0.292 bits per heavy atom. The number of rotatable bonds is 2. The van der Waals surface area contributed by atoms with E-state index in [2.05, 4.69) is 297 Å². The zero-order chi connectivity index (χ0) is 58.4. The summed E-state index contributed by atoms with van der Waals surface area (Å²) in [7, 11) is 0. The predicted molar refractivity (Wildman–Crippen MR) is 378 cm³/mol. The van der Waals surface area contributed by atoms with Crippen molar-refractivity contribution >= 4 is 120 Å². The van der Waals surface area contributed by atoms with Crippen molar-refractivity contribution in [3.63, 3.8) is 0 Å². The zero-order valence-electron chi connectivity index (χ0n) is 49.2. The molecule has 4 heterocycles. The zero-order valence-corrected chi connectivity index (χ0v) is 50.8. The van der Waals surface area contributed by atoms with Crippen molar-refractivity contribution in [3.8, 4) is 44.5 Å². The number of benzene rings is 13. The number of hydrogen-bond acceptors (Lipinski definition) is 4. The van der Waals surface area contributed by atoms with Gasteiger partial charge < -0.3 is 9.80 Å². The molecule has 89 heavy (non-hydrogen) atoms. The lowest BCUT2D eigenvalue weighted by Crippen LogP contribution is -2.61. The van der Waals surface area contributed by atoms with E-state index < -0.39 is 10.8 Å². The summed E-state index contributed by atoms with van der Waals surface area (Å²) < 4.78 is 5.25. The minimum atomic E-state index is -0.510. The van der Waals surface area contributed by atoms with E-state index in [-0.39, 0.29) is 12.1 Å². The summed E-state index contributed by atoms with van der Waals surface area (Å²) in [5.41, 5.74) is 32.6. The van der Waals surface area contributed by atoms with E-state index in [0.29, 0.717) is 0 Å². The molecular formula is C84H53BN2S2. The van der Waals surface area contributed by atoms with Gasteiger partial charge >= 0.3 is 0 Å². The van der Waals surface area contributed by atoms with Gasteiger partial charge in [0.2, 0.25) is 0 Å². The molecule has 2 aromatic heterocycles. The van der Waals surface area contributed by atoms with Crippen LogP contribution in [0.5, 0.6) is 0 Å². The molecule has 21 rings (SSSR count). The van der Waals surface area contributed by atoms with E-state index in [0.717, 1.165) is 0 Å². The Hall–Kier alpha value is -10.0. The van der Waals surface area contributed by atoms with Gasteiger partial charge in [0.05, 0.1) is 22.2 Å². The van der Waals surface area contributed by atoms with E-state index in [1.54, 1.807) is 0 Å². The van der Waals surface area contributed by atoms with Gasteiger partial charge in [-0.15, -0.1) is 22.7 Å². The standard InChI is InChI=1S/C84H53BN2S2/c1-82(2,3)48-42-73-81-74(43-48)87(70-39-21-37-66-80(70)56-29-9-17-35-64(56)84(66)61-32-14-6-24-51(61)52-25-7-15-33-62(52)84)72-45-58-54-27-11-19-41-76(54)89-78(58)47-68(72)85(81)67-46-77-57(53-26-10-18-40-75(53)88-77)44-71(67)86(73)69-38-20-36-65-79(69)55-28-8-16-34-63(55)83(65)59-30-12-4-22-49(59)50-23-5-13-31-60(50)83/h4-47H,1-3H3. The summed E-state index contributed by atoms with van der Waals surface area (Å²) in [4.78, 5) is 5.50. The number of thiophene rings is 2. The van der Waals surface area contributed by atoms with Crippen LogP contribution in [-0.2, 0) is 16.2 Å². The predicted octanol–water partition coefficient (Wildman–Crippen LogP) is 20.5. The number of nitrogens with zero attached hydrogens (tertiary/aromatic N) is 2. The Balaban J connectivity index is 0.915. The van der Waals surface area contributed by atoms with Gasteiger partial charge in [0.15, 0.2) is 0 Å². The maximum atomic E-state index is 2.75. The highest BCUT2D eigenvalue weighted by Gasteiger charge is 2.56. The molecule has 2 aliphatic heterocycles. The number of hydrogen-bond donors (Lipinski definition) is 0. The van der Waals surface area contributed by atoms with Gasteiger partial charge in [0.1, 0.15) is 0 Å². The Labute approximate surface area is 525 Å². The van der Waals surface area contributed by atoms with Gasteiger partial charge in [-0.05, 0) is 166 Å². The monoisotopic (exact) mass is 1160 g/mol. The highest BCUT2D eigenvalue weighted by Crippen LogP contribution is 2.67. The Kier molecular flexibility index (Phi) is 9.35. The summed E-state index contributed by atoms with van der Waals surface area (Å²) in [5.74, 6) is 0. The van der Waals surface area contributed by atoms with E-state index in [4.69, 9.17) is 0 Å². The molecule has 0 N–H and O–H groups in total. The molecule has 0 atom stereocenters. The Morgan fingerprint density at radius 2 is 0.629 bits per heavy atom. The van der Waals surface area contributed by atoms with Crippen molar-refractivity contribution in [2.24, 2.45) is 0 Å². The topological polar surface area (TPSA) is 6.48 Å². The van der Waals surface area contributed by atoms with Crippen LogP contribution in [0.2, 0.25) is 0 Å². The second kappa shape index (κ2) is 17.0. The SMILES string of the molecule is CC(C)(C)c1cc2c3c(c1)N(c1cccc4c1-c1ccccc1C41c4ccccc4-c4ccccc41)c1cc4c(cc1B3c1cc3sc5ccccc5c3cc1N2c1cccc2c1-c1ccccc1C21c2ccccc2-c2ccccc21)sc1ccccc14. The highest BCUT2D eigenvalue weighted by molar-refractivity contribution is 7.26. The molecule has 15 aromatic rings. The lowest BCUT2D eigenvalue weighted by atomic mass is 9.33.